The van der Waals surface area contributed by atoms with Gasteiger partial charge in [0, 0.05) is 20.6 Å². The number of nitrogens with zero attached hydrogens (tertiary/aromatic N) is 2. The molecule has 84 valence electrons. The van der Waals surface area contributed by atoms with Crippen LogP contribution in [0.4, 0.5) is 5.82 Å². The highest BCUT2D eigenvalue weighted by atomic mass is 79.9. The van der Waals surface area contributed by atoms with E-state index in [2.05, 4.69) is 25.9 Å². The van der Waals surface area contributed by atoms with Crippen molar-refractivity contribution in [2.75, 3.05) is 26.6 Å². The largest absolute Gasteiger partial charge is 0.384 e. The summed E-state index contributed by atoms with van der Waals surface area (Å²) in [5.41, 5.74) is 6.49. The Balaban J connectivity index is 2.90. The highest BCUT2D eigenvalue weighted by Gasteiger charge is 2.09. The van der Waals surface area contributed by atoms with E-state index in [0.29, 0.717) is 35.7 Å². The first-order valence-corrected chi connectivity index (χ1v) is 5.27. The first kappa shape index (κ1) is 12.4. The number of anilines is 1. The lowest BCUT2D eigenvalue weighted by Gasteiger charge is -2.07. The van der Waals surface area contributed by atoms with Gasteiger partial charge in [-0.2, -0.15) is 0 Å². The number of methoxy groups -OCH3 is 2. The van der Waals surface area contributed by atoms with E-state index in [1.807, 2.05) is 0 Å². The van der Waals surface area contributed by atoms with Gasteiger partial charge >= 0.3 is 0 Å². The fraction of sp³-hybridized carbons (Fsp3) is 0.556. The molecule has 0 unspecified atom stereocenters. The monoisotopic (exact) mass is 275 g/mol. The molecule has 0 radical (unpaired) electrons. The van der Waals surface area contributed by atoms with Crippen LogP contribution in [0.15, 0.2) is 4.47 Å². The second-order valence-electron chi connectivity index (χ2n) is 2.96. The molecule has 0 bridgehead atoms. The summed E-state index contributed by atoms with van der Waals surface area (Å²) in [5, 5.41) is 0. The maximum absolute atomic E-state index is 5.73. The van der Waals surface area contributed by atoms with Gasteiger partial charge < -0.3 is 15.2 Å². The molecule has 0 aliphatic rings. The number of hydrogen-bond donors (Lipinski definition) is 1. The molecule has 1 rings (SSSR count). The van der Waals surface area contributed by atoms with Gasteiger partial charge in [-0.25, -0.2) is 9.97 Å². The van der Waals surface area contributed by atoms with Gasteiger partial charge in [-0.15, -0.1) is 0 Å². The fourth-order valence-corrected chi connectivity index (χ4v) is 1.40. The minimum atomic E-state index is 0.410. The Morgan fingerprint density at radius 3 is 2.60 bits per heavy atom. The summed E-state index contributed by atoms with van der Waals surface area (Å²) in [7, 11) is 3.25. The van der Waals surface area contributed by atoms with E-state index in [-0.39, 0.29) is 0 Å². The molecule has 0 aliphatic heterocycles. The molecule has 0 spiro atoms. The molecule has 0 atom stereocenters. The lowest BCUT2D eigenvalue weighted by atomic mass is 10.3. The standard InChI is InChI=1S/C9H14BrN3O2/c1-14-4-3-7-12-6(5-15-2)8(10)9(11)13-7/h3-5H2,1-2H3,(H2,11,12,13). The van der Waals surface area contributed by atoms with Gasteiger partial charge in [0.05, 0.1) is 23.4 Å². The van der Waals surface area contributed by atoms with E-state index in [4.69, 9.17) is 15.2 Å². The van der Waals surface area contributed by atoms with Crippen molar-refractivity contribution in [3.8, 4) is 0 Å². The molecule has 1 heterocycles. The van der Waals surface area contributed by atoms with Crippen LogP contribution in [0, 0.1) is 0 Å². The van der Waals surface area contributed by atoms with Gasteiger partial charge in [-0.1, -0.05) is 0 Å². The molecule has 15 heavy (non-hydrogen) atoms. The van der Waals surface area contributed by atoms with E-state index in [1.165, 1.54) is 0 Å². The Morgan fingerprint density at radius 1 is 1.27 bits per heavy atom. The molecule has 5 nitrogen and oxygen atoms in total. The average Bonchev–Trinajstić information content (AvgIpc) is 2.22. The summed E-state index contributed by atoms with van der Waals surface area (Å²) in [5.74, 6) is 1.10. The smallest absolute Gasteiger partial charge is 0.141 e. The molecular formula is C9H14BrN3O2. The van der Waals surface area contributed by atoms with Crippen molar-refractivity contribution in [1.82, 2.24) is 9.97 Å². The maximum Gasteiger partial charge on any atom is 0.141 e. The number of nitrogens with two attached hydrogens (primary N) is 1. The van der Waals surface area contributed by atoms with Crippen molar-refractivity contribution in [2.24, 2.45) is 0 Å². The van der Waals surface area contributed by atoms with Crippen LogP contribution < -0.4 is 5.73 Å². The molecule has 0 aromatic carbocycles. The summed E-state index contributed by atoms with van der Waals surface area (Å²) < 4.78 is 10.7. The summed E-state index contributed by atoms with van der Waals surface area (Å²) in [6.45, 7) is 0.987. The predicted molar refractivity (Wildman–Crippen MR) is 60.4 cm³/mol. The maximum atomic E-state index is 5.73. The van der Waals surface area contributed by atoms with Crippen molar-refractivity contribution < 1.29 is 9.47 Å². The summed E-state index contributed by atoms with van der Waals surface area (Å²) in [4.78, 5) is 8.45. The second kappa shape index (κ2) is 5.99. The van der Waals surface area contributed by atoms with Crippen molar-refractivity contribution in [3.05, 3.63) is 16.0 Å². The first-order chi connectivity index (χ1) is 7.19. The van der Waals surface area contributed by atoms with Gasteiger partial charge in [0.2, 0.25) is 0 Å². The number of halogens is 1. The van der Waals surface area contributed by atoms with Crippen LogP contribution in [0.2, 0.25) is 0 Å². The van der Waals surface area contributed by atoms with Crippen LogP contribution in [-0.4, -0.2) is 30.8 Å². The van der Waals surface area contributed by atoms with Crippen LogP contribution >= 0.6 is 15.9 Å². The minimum Gasteiger partial charge on any atom is -0.384 e. The third-order valence-corrected chi connectivity index (χ3v) is 2.67. The lowest BCUT2D eigenvalue weighted by molar-refractivity contribution is 0.179. The predicted octanol–water partition coefficient (Wildman–Crippen LogP) is 1.16. The van der Waals surface area contributed by atoms with Crippen molar-refractivity contribution in [2.45, 2.75) is 13.0 Å². The number of nitrogen functional groups attached to an aromatic ring is 1. The number of aromatic nitrogens is 2. The summed E-state index contributed by atoms with van der Waals surface area (Å²) >= 11 is 3.32. The topological polar surface area (TPSA) is 70.3 Å². The van der Waals surface area contributed by atoms with E-state index in [9.17, 15) is 0 Å². The van der Waals surface area contributed by atoms with E-state index in [1.54, 1.807) is 14.2 Å². The van der Waals surface area contributed by atoms with Crippen molar-refractivity contribution in [1.29, 1.82) is 0 Å². The summed E-state index contributed by atoms with van der Waals surface area (Å²) in [6.07, 6.45) is 0.644. The Labute approximate surface area is 97.1 Å². The zero-order valence-corrected chi connectivity index (χ0v) is 10.4. The van der Waals surface area contributed by atoms with E-state index in [0.717, 1.165) is 5.69 Å². The van der Waals surface area contributed by atoms with Gasteiger partial charge in [0.15, 0.2) is 0 Å². The molecule has 1 aromatic heterocycles. The zero-order chi connectivity index (χ0) is 11.3. The van der Waals surface area contributed by atoms with Gasteiger partial charge in [-0.05, 0) is 15.9 Å². The van der Waals surface area contributed by atoms with Crippen LogP contribution in [-0.2, 0) is 22.5 Å². The SMILES string of the molecule is COCCc1nc(N)c(Br)c(COC)n1. The summed E-state index contributed by atoms with van der Waals surface area (Å²) in [6, 6.07) is 0. The third kappa shape index (κ3) is 3.40. The highest BCUT2D eigenvalue weighted by molar-refractivity contribution is 9.10. The van der Waals surface area contributed by atoms with Crippen LogP contribution in [0.5, 0.6) is 0 Å². The van der Waals surface area contributed by atoms with Gasteiger partial charge in [0.25, 0.3) is 0 Å². The normalized spacial score (nSPS) is 10.6. The number of rotatable bonds is 5. The van der Waals surface area contributed by atoms with Crippen LogP contribution in [0.3, 0.4) is 0 Å². The van der Waals surface area contributed by atoms with E-state index < -0.39 is 0 Å². The third-order valence-electron chi connectivity index (χ3n) is 1.80. The van der Waals surface area contributed by atoms with Gasteiger partial charge in [0.1, 0.15) is 11.6 Å². The van der Waals surface area contributed by atoms with Gasteiger partial charge in [-0.3, -0.25) is 0 Å². The number of hydrogen-bond acceptors (Lipinski definition) is 5. The fourth-order valence-electron chi connectivity index (χ4n) is 1.10. The van der Waals surface area contributed by atoms with E-state index >= 15 is 0 Å². The van der Waals surface area contributed by atoms with Crippen LogP contribution in [0.25, 0.3) is 0 Å². The van der Waals surface area contributed by atoms with Crippen molar-refractivity contribution in [3.63, 3.8) is 0 Å². The Morgan fingerprint density at radius 2 is 2.00 bits per heavy atom. The number of ether oxygens (including phenoxy) is 2. The highest BCUT2D eigenvalue weighted by Crippen LogP contribution is 2.21. The lowest BCUT2D eigenvalue weighted by Crippen LogP contribution is -2.08. The Hall–Kier alpha value is -0.720. The quantitative estimate of drug-likeness (QED) is 0.873. The van der Waals surface area contributed by atoms with Crippen LogP contribution in [0.1, 0.15) is 11.5 Å². The molecule has 1 aromatic rings. The molecule has 0 amide bonds. The molecular weight excluding hydrogens is 262 g/mol. The molecule has 2 N–H and O–H groups in total. The molecule has 0 saturated heterocycles. The molecule has 0 aliphatic carbocycles. The first-order valence-electron chi connectivity index (χ1n) is 4.47. The second-order valence-corrected chi connectivity index (χ2v) is 3.75. The molecule has 0 saturated carbocycles. The Kier molecular flexibility index (Phi) is 4.93. The average molecular weight is 276 g/mol. The minimum absolute atomic E-state index is 0.410. The van der Waals surface area contributed by atoms with Crippen molar-refractivity contribution >= 4 is 21.7 Å². The Bertz CT molecular complexity index is 333. The molecule has 6 heteroatoms. The molecule has 0 fully saturated rings. The zero-order valence-electron chi connectivity index (χ0n) is 8.79.